The Balaban J connectivity index is 0. The molecule has 0 aromatic heterocycles. The Kier molecular flexibility index (Phi) is 9.94. The van der Waals surface area contributed by atoms with Gasteiger partial charge in [0.15, 0.2) is 0 Å². The van der Waals surface area contributed by atoms with E-state index in [1.165, 1.54) is 30.7 Å². The van der Waals surface area contributed by atoms with Crippen LogP contribution in [0.5, 0.6) is 0 Å². The van der Waals surface area contributed by atoms with Crippen LogP contribution in [0.1, 0.15) is 0 Å². The topological polar surface area (TPSA) is 12.0 Å². The van der Waals surface area contributed by atoms with E-state index in [1.807, 2.05) is 18.2 Å². The molecule has 10 heavy (non-hydrogen) atoms. The Morgan fingerprint density at radius 3 is 1.80 bits per heavy atom. The van der Waals surface area contributed by atoms with Crippen molar-refractivity contribution in [1.82, 2.24) is 0 Å². The average molecular weight is 256 g/mol. The zero-order valence-corrected chi connectivity index (χ0v) is 9.29. The fourth-order valence-corrected chi connectivity index (χ4v) is 0.931. The maximum absolute atomic E-state index is 3.12. The average Bonchev–Trinajstić information content (AvgIpc) is 1.90. The Labute approximate surface area is 88.7 Å². The van der Waals surface area contributed by atoms with Crippen LogP contribution >= 0.6 is 24.8 Å². The summed E-state index contributed by atoms with van der Waals surface area (Å²) in [5.74, 6) is 0. The Hall–Kier alpha value is 0.483. The molecule has 0 heterocycles. The standard InChI is InChI=1S/C6H6N.2ClH.Zr/c7-6-4-2-1-3-5-6;;;/h1-5,7H;2*1H;/q-1;;;+1. The monoisotopic (exact) mass is 254 g/mol. The van der Waals surface area contributed by atoms with Gasteiger partial charge < -0.3 is 0 Å². The van der Waals surface area contributed by atoms with Gasteiger partial charge in [-0.2, -0.15) is 0 Å². The minimum absolute atomic E-state index is 0. The molecule has 0 amide bonds. The first kappa shape index (κ1) is 13.1. The molecule has 1 aromatic carbocycles. The Bertz CT molecular complexity index is 157. The molecule has 0 unspecified atom stereocenters. The summed E-state index contributed by atoms with van der Waals surface area (Å²) < 4.78 is 3.12. The summed E-state index contributed by atoms with van der Waals surface area (Å²) in [4.78, 5) is 0. The summed E-state index contributed by atoms with van der Waals surface area (Å²) in [6.07, 6.45) is 0. The predicted octanol–water partition coefficient (Wildman–Crippen LogP) is 2.40. The van der Waals surface area contributed by atoms with Crippen LogP contribution in [0.4, 0.5) is 5.69 Å². The van der Waals surface area contributed by atoms with Gasteiger partial charge in [-0.25, -0.2) is 0 Å². The van der Waals surface area contributed by atoms with E-state index in [0.717, 1.165) is 0 Å². The molecule has 0 radical (unpaired) electrons. The zero-order chi connectivity index (χ0) is 5.82. The Morgan fingerprint density at radius 1 is 1.00 bits per heavy atom. The van der Waals surface area contributed by atoms with E-state index in [0.29, 0.717) is 0 Å². The van der Waals surface area contributed by atoms with Gasteiger partial charge in [0, 0.05) is 0 Å². The molecular formula is C6H8Cl2NZr. The van der Waals surface area contributed by atoms with Gasteiger partial charge in [0.2, 0.25) is 0 Å². The first-order valence-electron chi connectivity index (χ1n) is 2.41. The van der Waals surface area contributed by atoms with Crippen LogP contribution in [-0.2, 0) is 25.0 Å². The van der Waals surface area contributed by atoms with E-state index in [2.05, 4.69) is 15.4 Å². The van der Waals surface area contributed by atoms with E-state index in [1.54, 1.807) is 0 Å². The fraction of sp³-hybridized carbons (Fsp3) is 0. The molecule has 0 atom stereocenters. The number of halogens is 2. The quantitative estimate of drug-likeness (QED) is 0.813. The van der Waals surface area contributed by atoms with Crippen LogP contribution in [0.15, 0.2) is 30.3 Å². The fourth-order valence-electron chi connectivity index (χ4n) is 0.521. The van der Waals surface area contributed by atoms with Crippen LogP contribution in [0.25, 0.3) is 0 Å². The van der Waals surface area contributed by atoms with Crippen LogP contribution in [0, 0.1) is 0 Å². The van der Waals surface area contributed by atoms with E-state index >= 15 is 0 Å². The summed E-state index contributed by atoms with van der Waals surface area (Å²) in [7, 11) is 0. The molecule has 0 bridgehead atoms. The molecule has 0 saturated carbocycles. The number of nitrogens with one attached hydrogen (secondary N) is 1. The molecule has 0 fully saturated rings. The van der Waals surface area contributed by atoms with E-state index in [4.69, 9.17) is 0 Å². The van der Waals surface area contributed by atoms with Crippen LogP contribution in [0.3, 0.4) is 0 Å². The normalized spacial score (nSPS) is 6.70. The molecule has 1 N–H and O–H groups in total. The first-order chi connectivity index (χ1) is 3.93. The van der Waals surface area contributed by atoms with Gasteiger partial charge in [-0.3, -0.25) is 0 Å². The predicted molar refractivity (Wildman–Crippen MR) is 44.6 cm³/mol. The number of hydrogen-bond donors (Lipinski definition) is 1. The second-order valence-corrected chi connectivity index (χ2v) is 2.11. The third-order valence-corrected chi connectivity index (χ3v) is 1.63. The summed E-state index contributed by atoms with van der Waals surface area (Å²) in [5.41, 5.74) is 1.20. The van der Waals surface area contributed by atoms with Gasteiger partial charge in [0.25, 0.3) is 0 Å². The SMILES string of the molecule is Cl.Cl.[Zr][NH]c1ccccc1. The molecule has 1 aromatic rings. The second kappa shape index (κ2) is 7.59. The van der Waals surface area contributed by atoms with Crippen molar-refractivity contribution in [2.24, 2.45) is 0 Å². The minimum atomic E-state index is 0. The molecule has 0 aliphatic rings. The molecule has 4 heteroatoms. The molecule has 1 nitrogen and oxygen atoms in total. The third-order valence-electron chi connectivity index (χ3n) is 0.918. The van der Waals surface area contributed by atoms with Crippen molar-refractivity contribution >= 4 is 30.5 Å². The number of para-hydroxylation sites is 1. The zero-order valence-electron chi connectivity index (χ0n) is 5.20. The van der Waals surface area contributed by atoms with E-state index in [9.17, 15) is 0 Å². The van der Waals surface area contributed by atoms with Crippen molar-refractivity contribution in [3.8, 4) is 0 Å². The summed E-state index contributed by atoms with van der Waals surface area (Å²) in [5, 5.41) is 0. The van der Waals surface area contributed by atoms with Crippen molar-refractivity contribution in [2.75, 3.05) is 3.26 Å². The van der Waals surface area contributed by atoms with E-state index in [-0.39, 0.29) is 24.8 Å². The molecule has 1 rings (SSSR count). The van der Waals surface area contributed by atoms with Crippen LogP contribution in [-0.4, -0.2) is 0 Å². The Morgan fingerprint density at radius 2 is 1.50 bits per heavy atom. The van der Waals surface area contributed by atoms with Crippen molar-refractivity contribution in [3.63, 3.8) is 0 Å². The summed E-state index contributed by atoms with van der Waals surface area (Å²) in [6.45, 7) is 0. The van der Waals surface area contributed by atoms with Crippen molar-refractivity contribution in [3.05, 3.63) is 30.3 Å². The first-order valence-corrected chi connectivity index (χ1v) is 3.64. The summed E-state index contributed by atoms with van der Waals surface area (Å²) in [6, 6.07) is 10.2. The molecule has 0 spiro atoms. The number of anilines is 1. The second-order valence-electron chi connectivity index (χ2n) is 1.49. The molecule has 0 aliphatic carbocycles. The van der Waals surface area contributed by atoms with Gasteiger partial charge in [-0.15, -0.1) is 24.8 Å². The van der Waals surface area contributed by atoms with Crippen molar-refractivity contribution in [2.45, 2.75) is 0 Å². The number of benzene rings is 1. The maximum atomic E-state index is 3.12. The molecule has 0 saturated heterocycles. The molecule has 0 aliphatic heterocycles. The van der Waals surface area contributed by atoms with Gasteiger partial charge in [0.05, 0.1) is 0 Å². The van der Waals surface area contributed by atoms with Gasteiger partial charge >= 0.3 is 64.3 Å². The molecular weight excluding hydrogens is 248 g/mol. The van der Waals surface area contributed by atoms with Gasteiger partial charge in [-0.1, -0.05) is 0 Å². The van der Waals surface area contributed by atoms with Crippen molar-refractivity contribution < 1.29 is 25.0 Å². The summed E-state index contributed by atoms with van der Waals surface area (Å²) >= 11 is 1.34. The van der Waals surface area contributed by atoms with E-state index < -0.39 is 0 Å². The van der Waals surface area contributed by atoms with Crippen LogP contribution < -0.4 is 3.26 Å². The number of hydrogen-bond acceptors (Lipinski definition) is 1. The van der Waals surface area contributed by atoms with Crippen LogP contribution in [0.2, 0.25) is 0 Å². The third kappa shape index (κ3) is 4.32. The van der Waals surface area contributed by atoms with Gasteiger partial charge in [0.1, 0.15) is 0 Å². The number of rotatable bonds is 1. The van der Waals surface area contributed by atoms with Crippen molar-refractivity contribution in [1.29, 1.82) is 0 Å². The molecule has 55 valence electrons. The van der Waals surface area contributed by atoms with Gasteiger partial charge in [-0.05, 0) is 0 Å².